The third kappa shape index (κ3) is 6.30. The predicted octanol–water partition coefficient (Wildman–Crippen LogP) is 7.28. The Balaban J connectivity index is 1.55. The van der Waals surface area contributed by atoms with Crippen LogP contribution in [0.25, 0.3) is 6.08 Å². The Hall–Kier alpha value is -2.98. The van der Waals surface area contributed by atoms with E-state index in [-0.39, 0.29) is 18.1 Å². The molecule has 7 nitrogen and oxygen atoms in total. The maximum Gasteiger partial charge on any atom is 0.335 e. The summed E-state index contributed by atoms with van der Waals surface area (Å²) in [6, 6.07) is 14.9. The topological polar surface area (TPSA) is 88.4 Å². The van der Waals surface area contributed by atoms with Gasteiger partial charge in [-0.2, -0.15) is 0 Å². The average Bonchev–Trinajstić information content (AvgIpc) is 3.13. The number of hydrogen-bond acceptors (Lipinski definition) is 6. The van der Waals surface area contributed by atoms with Crippen LogP contribution in [0.5, 0.6) is 11.5 Å². The molecular formula is C26H19BrCl2N2O5S. The molecule has 190 valence electrons. The number of hydrogen-bond donors (Lipinski definition) is 1. The number of amides is 1. The van der Waals surface area contributed by atoms with Crippen molar-refractivity contribution in [3.05, 3.63) is 90.7 Å². The Morgan fingerprint density at radius 1 is 1.11 bits per heavy atom. The van der Waals surface area contributed by atoms with Crippen LogP contribution in [0.15, 0.2) is 69.0 Å². The summed E-state index contributed by atoms with van der Waals surface area (Å²) in [5, 5.41) is 10.5. The summed E-state index contributed by atoms with van der Waals surface area (Å²) >= 11 is 16.8. The van der Waals surface area contributed by atoms with E-state index in [1.165, 1.54) is 35.9 Å². The largest absolute Gasteiger partial charge is 0.493 e. The first-order chi connectivity index (χ1) is 17.7. The molecule has 0 bridgehead atoms. The van der Waals surface area contributed by atoms with E-state index in [0.29, 0.717) is 41.8 Å². The molecule has 1 saturated heterocycles. The summed E-state index contributed by atoms with van der Waals surface area (Å²) in [5.74, 6) is -0.223. The van der Waals surface area contributed by atoms with E-state index in [0.717, 1.165) is 11.1 Å². The number of aromatic carboxylic acids is 1. The first-order valence-electron chi connectivity index (χ1n) is 10.7. The molecule has 1 aliphatic rings. The van der Waals surface area contributed by atoms with E-state index < -0.39 is 5.97 Å². The molecule has 37 heavy (non-hydrogen) atoms. The molecule has 1 aliphatic heterocycles. The Morgan fingerprint density at radius 3 is 2.49 bits per heavy atom. The van der Waals surface area contributed by atoms with Gasteiger partial charge in [0.25, 0.3) is 5.91 Å². The number of carbonyl (C=O) groups excluding carboxylic acids is 1. The lowest BCUT2D eigenvalue weighted by atomic mass is 10.1. The van der Waals surface area contributed by atoms with Crippen molar-refractivity contribution in [1.29, 1.82) is 0 Å². The van der Waals surface area contributed by atoms with Crippen LogP contribution in [0.2, 0.25) is 10.0 Å². The van der Waals surface area contributed by atoms with Crippen molar-refractivity contribution in [2.75, 3.05) is 14.2 Å². The smallest absolute Gasteiger partial charge is 0.335 e. The van der Waals surface area contributed by atoms with Gasteiger partial charge in [-0.1, -0.05) is 45.2 Å². The van der Waals surface area contributed by atoms with Crippen LogP contribution in [0.4, 0.5) is 5.69 Å². The van der Waals surface area contributed by atoms with Gasteiger partial charge in [0.05, 0.1) is 33.3 Å². The second-order valence-corrected chi connectivity index (χ2v) is 10.5. The van der Waals surface area contributed by atoms with Crippen molar-refractivity contribution in [2.24, 2.45) is 4.99 Å². The lowest BCUT2D eigenvalue weighted by Gasteiger charge is -2.13. The summed E-state index contributed by atoms with van der Waals surface area (Å²) < 4.78 is 12.2. The molecular weight excluding hydrogens is 603 g/mol. The highest BCUT2D eigenvalue weighted by Gasteiger charge is 2.30. The Kier molecular flexibility index (Phi) is 8.49. The molecule has 0 radical (unpaired) electrons. The molecule has 0 atom stereocenters. The SMILES string of the molecule is COc1cc(/C=C2\SC(=Nc3ccc(C(=O)O)cc3)N(C)C2=O)c(Br)cc1OCc1ccc(Cl)c(Cl)c1. The number of aliphatic imine (C=N–C) groups is 1. The third-order valence-electron chi connectivity index (χ3n) is 5.29. The highest BCUT2D eigenvalue weighted by molar-refractivity contribution is 9.10. The molecule has 1 amide bonds. The number of ether oxygens (including phenoxy) is 2. The number of carboxylic acids is 1. The molecule has 0 aromatic heterocycles. The number of nitrogens with zero attached hydrogens (tertiary/aromatic N) is 2. The second kappa shape index (κ2) is 11.6. The van der Waals surface area contributed by atoms with Crippen LogP contribution in [0.1, 0.15) is 21.5 Å². The van der Waals surface area contributed by atoms with Crippen LogP contribution in [0.3, 0.4) is 0 Å². The number of methoxy groups -OCH3 is 1. The fraction of sp³-hybridized carbons (Fsp3) is 0.115. The lowest BCUT2D eigenvalue weighted by molar-refractivity contribution is -0.121. The highest BCUT2D eigenvalue weighted by Crippen LogP contribution is 2.38. The summed E-state index contributed by atoms with van der Waals surface area (Å²) in [6.07, 6.45) is 1.74. The number of rotatable bonds is 7. The fourth-order valence-corrected chi connectivity index (χ4v) is 5.04. The first-order valence-corrected chi connectivity index (χ1v) is 13.1. The van der Waals surface area contributed by atoms with Crippen molar-refractivity contribution >= 4 is 79.7 Å². The van der Waals surface area contributed by atoms with Gasteiger partial charge in [-0.3, -0.25) is 9.69 Å². The first kappa shape index (κ1) is 27.1. The van der Waals surface area contributed by atoms with E-state index in [1.54, 1.807) is 49.5 Å². The maximum atomic E-state index is 12.9. The number of halogens is 3. The van der Waals surface area contributed by atoms with Gasteiger partial charge >= 0.3 is 5.97 Å². The Labute approximate surface area is 235 Å². The standard InChI is InChI=1S/C26H19BrCl2N2O5S/c1-31-24(32)23(37-26(31)30-17-6-4-15(5-7-17)25(33)34)11-16-10-21(35-2)22(12-18(16)27)36-13-14-3-8-19(28)20(29)9-14/h3-12H,13H2,1-2H3,(H,33,34)/b23-11-,30-26?. The summed E-state index contributed by atoms with van der Waals surface area (Å²) in [5.41, 5.74) is 2.27. The molecule has 0 spiro atoms. The van der Waals surface area contributed by atoms with Crippen LogP contribution in [-0.2, 0) is 11.4 Å². The van der Waals surface area contributed by atoms with E-state index in [9.17, 15) is 9.59 Å². The number of carboxylic acid groups (broad SMARTS) is 1. The minimum atomic E-state index is -1.02. The van der Waals surface area contributed by atoms with Crippen molar-refractivity contribution in [3.8, 4) is 11.5 Å². The van der Waals surface area contributed by atoms with Crippen LogP contribution in [-0.4, -0.2) is 41.2 Å². The minimum absolute atomic E-state index is 0.163. The van der Waals surface area contributed by atoms with Crippen molar-refractivity contribution in [1.82, 2.24) is 4.90 Å². The van der Waals surface area contributed by atoms with E-state index in [4.69, 9.17) is 37.8 Å². The molecule has 3 aromatic carbocycles. The van der Waals surface area contributed by atoms with Crippen LogP contribution in [0, 0.1) is 0 Å². The monoisotopic (exact) mass is 620 g/mol. The number of carbonyl (C=O) groups is 2. The zero-order chi connectivity index (χ0) is 26.7. The molecule has 0 unspecified atom stereocenters. The second-order valence-electron chi connectivity index (χ2n) is 7.78. The van der Waals surface area contributed by atoms with Crippen LogP contribution < -0.4 is 9.47 Å². The van der Waals surface area contributed by atoms with E-state index in [2.05, 4.69) is 20.9 Å². The number of benzene rings is 3. The van der Waals surface area contributed by atoms with Gasteiger partial charge in [0, 0.05) is 11.5 Å². The van der Waals surface area contributed by atoms with Gasteiger partial charge in [-0.05, 0) is 77.5 Å². The molecule has 1 N–H and O–H groups in total. The predicted molar refractivity (Wildman–Crippen MR) is 150 cm³/mol. The minimum Gasteiger partial charge on any atom is -0.493 e. The Morgan fingerprint density at radius 2 is 1.84 bits per heavy atom. The summed E-state index contributed by atoms with van der Waals surface area (Å²) in [6.45, 7) is 0.256. The van der Waals surface area contributed by atoms with Gasteiger partial charge in [0.15, 0.2) is 16.7 Å². The summed E-state index contributed by atoms with van der Waals surface area (Å²) in [4.78, 5) is 30.3. The third-order valence-corrected chi connectivity index (χ3v) is 7.78. The van der Waals surface area contributed by atoms with Crippen molar-refractivity contribution in [3.63, 3.8) is 0 Å². The molecule has 1 fully saturated rings. The molecule has 0 aliphatic carbocycles. The van der Waals surface area contributed by atoms with Gasteiger partial charge in [0.1, 0.15) is 6.61 Å². The van der Waals surface area contributed by atoms with Gasteiger partial charge < -0.3 is 14.6 Å². The molecule has 11 heteroatoms. The average molecular weight is 622 g/mol. The van der Waals surface area contributed by atoms with Gasteiger partial charge in [-0.15, -0.1) is 0 Å². The molecule has 4 rings (SSSR count). The van der Waals surface area contributed by atoms with E-state index >= 15 is 0 Å². The zero-order valence-electron chi connectivity index (χ0n) is 19.5. The normalized spacial score (nSPS) is 15.5. The number of amidine groups is 1. The van der Waals surface area contributed by atoms with Crippen molar-refractivity contribution < 1.29 is 24.2 Å². The molecule has 0 saturated carbocycles. The highest BCUT2D eigenvalue weighted by atomic mass is 79.9. The van der Waals surface area contributed by atoms with Crippen molar-refractivity contribution in [2.45, 2.75) is 6.61 Å². The summed E-state index contributed by atoms with van der Waals surface area (Å²) in [7, 11) is 3.17. The Bertz CT molecular complexity index is 1440. The molecule has 1 heterocycles. The van der Waals surface area contributed by atoms with E-state index in [1.807, 2.05) is 6.07 Å². The van der Waals surface area contributed by atoms with Crippen LogP contribution >= 0.6 is 50.9 Å². The number of thioether (sulfide) groups is 1. The quantitative estimate of drug-likeness (QED) is 0.279. The van der Waals surface area contributed by atoms with Gasteiger partial charge in [0.2, 0.25) is 0 Å². The fourth-order valence-electron chi connectivity index (χ4n) is 3.31. The lowest BCUT2D eigenvalue weighted by Crippen LogP contribution is -2.23. The van der Waals surface area contributed by atoms with Gasteiger partial charge in [-0.25, -0.2) is 9.79 Å². The number of likely N-dealkylation sites (N-methyl/N-ethyl adjacent to an activating group) is 1. The zero-order valence-corrected chi connectivity index (χ0v) is 23.4. The maximum absolute atomic E-state index is 12.9. The molecule has 3 aromatic rings.